The lowest BCUT2D eigenvalue weighted by Gasteiger charge is -2.18. The summed E-state index contributed by atoms with van der Waals surface area (Å²) < 4.78 is 37.8. The van der Waals surface area contributed by atoms with Crippen molar-refractivity contribution in [1.29, 1.82) is 0 Å². The van der Waals surface area contributed by atoms with Gasteiger partial charge in [-0.3, -0.25) is 9.69 Å². The molecular formula is C19H27F3N2O4S. The third-order valence-corrected chi connectivity index (χ3v) is 5.66. The first-order chi connectivity index (χ1) is 13.4. The summed E-state index contributed by atoms with van der Waals surface area (Å²) in [7, 11) is 0. The molecule has 0 radical (unpaired) electrons. The molecule has 0 aliphatic carbocycles. The zero-order chi connectivity index (χ0) is 21.8. The number of aliphatic carboxylic acids is 1. The van der Waals surface area contributed by atoms with Crippen LogP contribution in [-0.4, -0.2) is 59.4 Å². The molecule has 2 saturated heterocycles. The van der Waals surface area contributed by atoms with Gasteiger partial charge in [0.05, 0.1) is 18.6 Å². The van der Waals surface area contributed by atoms with E-state index in [-0.39, 0.29) is 18.1 Å². The smallest absolute Gasteiger partial charge is 0.475 e. The number of halogens is 3. The molecule has 0 spiro atoms. The molecule has 2 aliphatic heterocycles. The molecule has 0 unspecified atom stereocenters. The predicted molar refractivity (Wildman–Crippen MR) is 103 cm³/mol. The van der Waals surface area contributed by atoms with Gasteiger partial charge < -0.3 is 15.2 Å². The summed E-state index contributed by atoms with van der Waals surface area (Å²) in [6.45, 7) is 9.28. The van der Waals surface area contributed by atoms with E-state index < -0.39 is 12.1 Å². The number of hydrogen-bond acceptors (Lipinski definition) is 5. The molecule has 1 aromatic rings. The highest BCUT2D eigenvalue weighted by Crippen LogP contribution is 2.35. The van der Waals surface area contributed by atoms with Crippen LogP contribution in [0.4, 0.5) is 13.2 Å². The Balaban J connectivity index is 0.000000370. The number of alkyl halides is 3. The molecule has 29 heavy (non-hydrogen) atoms. The van der Waals surface area contributed by atoms with Crippen LogP contribution in [0.25, 0.3) is 0 Å². The lowest BCUT2D eigenvalue weighted by atomic mass is 10.0. The SMILES string of the molecule is Cc1ccc(CN2C[C@@H]3C[C@H](CC(=O)NC(C)C)O[C@@H]3C2)s1.O=C(O)C(F)(F)F. The van der Waals surface area contributed by atoms with E-state index in [0.717, 1.165) is 26.1 Å². The van der Waals surface area contributed by atoms with Crippen molar-refractivity contribution in [3.63, 3.8) is 0 Å². The zero-order valence-electron chi connectivity index (χ0n) is 16.7. The van der Waals surface area contributed by atoms with E-state index in [4.69, 9.17) is 14.6 Å². The van der Waals surface area contributed by atoms with Crippen LogP contribution < -0.4 is 5.32 Å². The molecule has 0 bridgehead atoms. The van der Waals surface area contributed by atoms with E-state index >= 15 is 0 Å². The van der Waals surface area contributed by atoms with E-state index in [9.17, 15) is 18.0 Å². The minimum absolute atomic E-state index is 0.111. The van der Waals surface area contributed by atoms with E-state index in [1.165, 1.54) is 9.75 Å². The summed E-state index contributed by atoms with van der Waals surface area (Å²) in [5.74, 6) is -2.05. The Bertz CT molecular complexity index is 694. The maximum atomic E-state index is 11.8. The first-order valence-electron chi connectivity index (χ1n) is 9.46. The summed E-state index contributed by atoms with van der Waals surface area (Å²) in [5.41, 5.74) is 0. The fourth-order valence-corrected chi connectivity index (χ4v) is 4.52. The number of hydrogen-bond donors (Lipinski definition) is 2. The van der Waals surface area contributed by atoms with Gasteiger partial charge in [0, 0.05) is 41.3 Å². The molecule has 0 saturated carbocycles. The second-order valence-electron chi connectivity index (χ2n) is 7.73. The van der Waals surface area contributed by atoms with Gasteiger partial charge in [-0.25, -0.2) is 4.79 Å². The number of thiophene rings is 1. The number of fused-ring (bicyclic) bond motifs is 1. The highest BCUT2D eigenvalue weighted by Gasteiger charge is 2.42. The van der Waals surface area contributed by atoms with Gasteiger partial charge in [-0.05, 0) is 39.3 Å². The Kier molecular flexibility index (Phi) is 8.07. The van der Waals surface area contributed by atoms with Crippen LogP contribution >= 0.6 is 11.3 Å². The first-order valence-corrected chi connectivity index (χ1v) is 10.3. The maximum absolute atomic E-state index is 11.8. The Morgan fingerprint density at radius 2 is 2.00 bits per heavy atom. The largest absolute Gasteiger partial charge is 0.490 e. The summed E-state index contributed by atoms with van der Waals surface area (Å²) >= 11 is 1.88. The van der Waals surface area contributed by atoms with Gasteiger partial charge in [-0.15, -0.1) is 11.3 Å². The van der Waals surface area contributed by atoms with Crippen molar-refractivity contribution >= 4 is 23.2 Å². The van der Waals surface area contributed by atoms with Crippen molar-refractivity contribution in [1.82, 2.24) is 10.2 Å². The average Bonchev–Trinajstić information content (AvgIpc) is 3.21. The van der Waals surface area contributed by atoms with Crippen LogP contribution in [0, 0.1) is 12.8 Å². The molecule has 2 N–H and O–H groups in total. The number of aryl methyl sites for hydroxylation is 1. The standard InChI is InChI=1S/C17H26N2O2S.C2HF3O2/c1-11(2)18-17(20)7-14-6-13-8-19(10-16(13)21-14)9-15-5-4-12(3)22-15;3-2(4,5)1(6)7/h4-5,11,13-14,16H,6-10H2,1-3H3,(H,18,20);(H,6,7)/t13-,14+,16+;/m0./s1. The molecule has 0 aromatic carbocycles. The van der Waals surface area contributed by atoms with E-state index in [0.29, 0.717) is 18.4 Å². The normalized spacial score (nSPS) is 24.2. The number of carboxylic acids is 1. The lowest BCUT2D eigenvalue weighted by Crippen LogP contribution is -2.33. The monoisotopic (exact) mass is 436 g/mol. The summed E-state index contributed by atoms with van der Waals surface area (Å²) in [5, 5.41) is 10.1. The van der Waals surface area contributed by atoms with Crippen LogP contribution in [0.1, 0.15) is 36.4 Å². The average molecular weight is 436 g/mol. The van der Waals surface area contributed by atoms with Gasteiger partial charge in [0.2, 0.25) is 5.91 Å². The highest BCUT2D eigenvalue weighted by atomic mass is 32.1. The van der Waals surface area contributed by atoms with E-state index in [2.05, 4.69) is 29.3 Å². The van der Waals surface area contributed by atoms with Crippen LogP contribution in [0.5, 0.6) is 0 Å². The van der Waals surface area contributed by atoms with Gasteiger partial charge in [0.25, 0.3) is 0 Å². The lowest BCUT2D eigenvalue weighted by molar-refractivity contribution is -0.192. The van der Waals surface area contributed by atoms with Crippen molar-refractivity contribution in [3.05, 3.63) is 21.9 Å². The molecule has 1 amide bonds. The number of ether oxygens (including phenoxy) is 1. The predicted octanol–water partition coefficient (Wildman–Crippen LogP) is 3.19. The fraction of sp³-hybridized carbons (Fsp3) is 0.684. The van der Waals surface area contributed by atoms with Gasteiger partial charge in [0.1, 0.15) is 0 Å². The highest BCUT2D eigenvalue weighted by molar-refractivity contribution is 7.11. The van der Waals surface area contributed by atoms with Gasteiger partial charge in [-0.1, -0.05) is 0 Å². The van der Waals surface area contributed by atoms with Crippen molar-refractivity contribution < 1.29 is 32.6 Å². The number of carbonyl (C=O) groups is 2. The molecule has 3 atom stereocenters. The minimum atomic E-state index is -5.08. The van der Waals surface area contributed by atoms with Crippen LogP contribution in [0.3, 0.4) is 0 Å². The van der Waals surface area contributed by atoms with E-state index in [1.807, 2.05) is 25.2 Å². The van der Waals surface area contributed by atoms with Crippen molar-refractivity contribution in [2.24, 2.45) is 5.92 Å². The summed E-state index contributed by atoms with van der Waals surface area (Å²) in [6.07, 6.45) is -3.12. The topological polar surface area (TPSA) is 78.9 Å². The number of rotatable bonds is 5. The second-order valence-corrected chi connectivity index (χ2v) is 9.10. The Morgan fingerprint density at radius 1 is 1.34 bits per heavy atom. The number of carbonyl (C=O) groups excluding carboxylic acids is 1. The number of likely N-dealkylation sites (tertiary alicyclic amines) is 1. The summed E-state index contributed by atoms with van der Waals surface area (Å²) in [4.78, 5) is 26.0. The molecule has 3 rings (SSSR count). The van der Waals surface area contributed by atoms with Gasteiger partial charge >= 0.3 is 12.1 Å². The maximum Gasteiger partial charge on any atom is 0.490 e. The number of nitrogens with zero attached hydrogens (tertiary/aromatic N) is 1. The molecule has 10 heteroatoms. The first kappa shape index (κ1) is 23.6. The number of amides is 1. The van der Waals surface area contributed by atoms with E-state index in [1.54, 1.807) is 0 Å². The van der Waals surface area contributed by atoms with Crippen LogP contribution in [0.2, 0.25) is 0 Å². The third-order valence-electron chi connectivity index (χ3n) is 4.67. The van der Waals surface area contributed by atoms with Crippen molar-refractivity contribution in [2.75, 3.05) is 13.1 Å². The third kappa shape index (κ3) is 7.60. The Morgan fingerprint density at radius 3 is 2.48 bits per heavy atom. The molecule has 3 heterocycles. The molecule has 2 aliphatic rings. The minimum Gasteiger partial charge on any atom is -0.475 e. The fourth-order valence-electron chi connectivity index (χ4n) is 3.59. The van der Waals surface area contributed by atoms with Gasteiger partial charge in [-0.2, -0.15) is 13.2 Å². The van der Waals surface area contributed by atoms with Gasteiger partial charge in [0.15, 0.2) is 0 Å². The quantitative estimate of drug-likeness (QED) is 0.741. The molecular weight excluding hydrogens is 409 g/mol. The number of carboxylic acid groups (broad SMARTS) is 1. The summed E-state index contributed by atoms with van der Waals surface area (Å²) in [6, 6.07) is 4.63. The molecule has 164 valence electrons. The Hall–Kier alpha value is -1.65. The molecule has 2 fully saturated rings. The zero-order valence-corrected chi connectivity index (χ0v) is 17.5. The number of nitrogens with one attached hydrogen (secondary N) is 1. The van der Waals surface area contributed by atoms with Crippen molar-refractivity contribution in [3.8, 4) is 0 Å². The molecule has 6 nitrogen and oxygen atoms in total. The second kappa shape index (κ2) is 9.90. The molecule has 1 aromatic heterocycles. The van der Waals surface area contributed by atoms with Crippen LogP contribution in [0.15, 0.2) is 12.1 Å². The Labute approximate surface area is 172 Å². The van der Waals surface area contributed by atoms with Crippen LogP contribution in [-0.2, 0) is 20.9 Å². The van der Waals surface area contributed by atoms with Crippen molar-refractivity contribution in [2.45, 2.75) is 64.6 Å².